The highest BCUT2D eigenvalue weighted by molar-refractivity contribution is 7.14. The SMILES string of the molecule is CC1CCc2sc(C(=O)NC3CCNC3)cc2C1.Cl. The Hall–Kier alpha value is -0.580. The zero-order valence-electron chi connectivity index (χ0n) is 11.2. The Morgan fingerprint density at radius 1 is 1.47 bits per heavy atom. The van der Waals surface area contributed by atoms with Crippen LogP contribution in [0.4, 0.5) is 0 Å². The van der Waals surface area contributed by atoms with E-state index >= 15 is 0 Å². The van der Waals surface area contributed by atoms with Gasteiger partial charge >= 0.3 is 0 Å². The van der Waals surface area contributed by atoms with E-state index in [9.17, 15) is 4.79 Å². The first-order chi connectivity index (χ1) is 8.72. The number of fused-ring (bicyclic) bond motifs is 1. The highest BCUT2D eigenvalue weighted by Gasteiger charge is 2.22. The average molecular weight is 301 g/mol. The highest BCUT2D eigenvalue weighted by atomic mass is 35.5. The number of thiophene rings is 1. The molecule has 1 aromatic heterocycles. The molecule has 1 aliphatic carbocycles. The van der Waals surface area contributed by atoms with Gasteiger partial charge in [-0.1, -0.05) is 6.92 Å². The molecular weight excluding hydrogens is 280 g/mol. The summed E-state index contributed by atoms with van der Waals surface area (Å²) in [5, 5.41) is 6.40. The molecule has 2 heterocycles. The molecule has 1 fully saturated rings. The summed E-state index contributed by atoms with van der Waals surface area (Å²) in [6, 6.07) is 2.43. The van der Waals surface area contributed by atoms with Crippen molar-refractivity contribution in [3.8, 4) is 0 Å². The van der Waals surface area contributed by atoms with Crippen LogP contribution >= 0.6 is 23.7 Å². The Bertz CT molecular complexity index is 454. The summed E-state index contributed by atoms with van der Waals surface area (Å²) in [5.74, 6) is 0.887. The van der Waals surface area contributed by atoms with Crippen LogP contribution < -0.4 is 10.6 Å². The predicted molar refractivity (Wildman–Crippen MR) is 81.5 cm³/mol. The molecule has 0 aromatic carbocycles. The molecule has 1 saturated heterocycles. The molecule has 3 nitrogen and oxygen atoms in total. The first-order valence-corrected chi connectivity index (χ1v) is 7.67. The predicted octanol–water partition coefficient (Wildman–Crippen LogP) is 2.39. The molecule has 0 bridgehead atoms. The van der Waals surface area contributed by atoms with E-state index in [2.05, 4.69) is 23.6 Å². The number of nitrogens with one attached hydrogen (secondary N) is 2. The fourth-order valence-corrected chi connectivity index (χ4v) is 3.96. The number of halogens is 1. The summed E-state index contributed by atoms with van der Waals surface area (Å²) in [7, 11) is 0. The van der Waals surface area contributed by atoms with Gasteiger partial charge in [-0.2, -0.15) is 0 Å². The van der Waals surface area contributed by atoms with Crippen molar-refractivity contribution in [1.29, 1.82) is 0 Å². The van der Waals surface area contributed by atoms with Crippen LogP contribution in [0.1, 0.15) is 39.9 Å². The number of hydrogen-bond acceptors (Lipinski definition) is 3. The molecule has 106 valence electrons. The molecule has 0 saturated carbocycles. The van der Waals surface area contributed by atoms with E-state index in [-0.39, 0.29) is 18.3 Å². The van der Waals surface area contributed by atoms with Crippen molar-refractivity contribution in [2.24, 2.45) is 5.92 Å². The van der Waals surface area contributed by atoms with Crippen molar-refractivity contribution in [2.75, 3.05) is 13.1 Å². The van der Waals surface area contributed by atoms with E-state index in [4.69, 9.17) is 0 Å². The molecule has 0 radical (unpaired) electrons. The Morgan fingerprint density at radius 3 is 3.05 bits per heavy atom. The number of carbonyl (C=O) groups is 1. The standard InChI is InChI=1S/C14H20N2OS.ClH/c1-9-2-3-12-10(6-9)7-13(18-12)14(17)16-11-4-5-15-8-11;/h7,9,11,15H,2-6,8H2,1H3,(H,16,17);1H. The third-order valence-corrected chi connectivity index (χ3v) is 5.18. The van der Waals surface area contributed by atoms with E-state index in [1.807, 2.05) is 0 Å². The Morgan fingerprint density at radius 2 is 2.32 bits per heavy atom. The topological polar surface area (TPSA) is 41.1 Å². The summed E-state index contributed by atoms with van der Waals surface area (Å²) >= 11 is 1.70. The van der Waals surface area contributed by atoms with Gasteiger partial charge in [-0.05, 0) is 49.8 Å². The monoisotopic (exact) mass is 300 g/mol. The van der Waals surface area contributed by atoms with Crippen LogP contribution in [0.3, 0.4) is 0 Å². The molecule has 0 spiro atoms. The lowest BCUT2D eigenvalue weighted by Crippen LogP contribution is -2.35. The highest BCUT2D eigenvalue weighted by Crippen LogP contribution is 2.32. The van der Waals surface area contributed by atoms with E-state index < -0.39 is 0 Å². The number of aryl methyl sites for hydroxylation is 1. The first-order valence-electron chi connectivity index (χ1n) is 6.85. The quantitative estimate of drug-likeness (QED) is 0.880. The van der Waals surface area contributed by atoms with Gasteiger partial charge in [-0.3, -0.25) is 4.79 Å². The van der Waals surface area contributed by atoms with Gasteiger partial charge in [-0.25, -0.2) is 0 Å². The van der Waals surface area contributed by atoms with Crippen LogP contribution in [0, 0.1) is 5.92 Å². The Kier molecular flexibility index (Phi) is 4.87. The minimum atomic E-state index is 0. The van der Waals surface area contributed by atoms with Crippen LogP contribution in [-0.2, 0) is 12.8 Å². The molecule has 1 amide bonds. The van der Waals surface area contributed by atoms with Gasteiger partial charge in [0.2, 0.25) is 0 Å². The third-order valence-electron chi connectivity index (χ3n) is 3.95. The average Bonchev–Trinajstić information content (AvgIpc) is 2.96. The minimum Gasteiger partial charge on any atom is -0.347 e. The molecule has 2 aliphatic rings. The zero-order valence-corrected chi connectivity index (χ0v) is 12.8. The first kappa shape index (κ1) is 14.8. The van der Waals surface area contributed by atoms with Gasteiger partial charge < -0.3 is 10.6 Å². The van der Waals surface area contributed by atoms with Crippen molar-refractivity contribution in [1.82, 2.24) is 10.6 Å². The van der Waals surface area contributed by atoms with Gasteiger partial charge in [-0.15, -0.1) is 23.7 Å². The lowest BCUT2D eigenvalue weighted by atomic mass is 9.90. The molecule has 5 heteroatoms. The lowest BCUT2D eigenvalue weighted by Gasteiger charge is -2.16. The van der Waals surface area contributed by atoms with E-state index in [0.29, 0.717) is 6.04 Å². The summed E-state index contributed by atoms with van der Waals surface area (Å²) in [6.45, 7) is 4.22. The van der Waals surface area contributed by atoms with Gasteiger partial charge in [0.25, 0.3) is 5.91 Å². The number of carbonyl (C=O) groups excluding carboxylic acids is 1. The van der Waals surface area contributed by atoms with Crippen LogP contribution in [0.5, 0.6) is 0 Å². The molecular formula is C14H21ClN2OS. The molecule has 19 heavy (non-hydrogen) atoms. The minimum absolute atomic E-state index is 0. The maximum absolute atomic E-state index is 12.2. The maximum Gasteiger partial charge on any atom is 0.261 e. The second-order valence-electron chi connectivity index (χ2n) is 5.57. The van der Waals surface area contributed by atoms with Crippen molar-refractivity contribution < 1.29 is 4.79 Å². The van der Waals surface area contributed by atoms with Crippen molar-refractivity contribution in [3.05, 3.63) is 21.4 Å². The second-order valence-corrected chi connectivity index (χ2v) is 6.71. The fourth-order valence-electron chi connectivity index (χ4n) is 2.85. The molecule has 1 aliphatic heterocycles. The second kappa shape index (κ2) is 6.25. The summed E-state index contributed by atoms with van der Waals surface area (Å²) < 4.78 is 0. The van der Waals surface area contributed by atoms with Gasteiger partial charge in [0.05, 0.1) is 4.88 Å². The number of amides is 1. The summed E-state index contributed by atoms with van der Waals surface area (Å²) in [5.41, 5.74) is 1.41. The lowest BCUT2D eigenvalue weighted by molar-refractivity contribution is 0.0944. The van der Waals surface area contributed by atoms with Crippen LogP contribution in [-0.4, -0.2) is 25.0 Å². The van der Waals surface area contributed by atoms with Gasteiger partial charge in [0, 0.05) is 17.5 Å². The summed E-state index contributed by atoms with van der Waals surface area (Å²) in [6.07, 6.45) is 4.61. The third kappa shape index (κ3) is 3.30. The summed E-state index contributed by atoms with van der Waals surface area (Å²) in [4.78, 5) is 14.5. The number of hydrogen-bond donors (Lipinski definition) is 2. The van der Waals surface area contributed by atoms with Crippen molar-refractivity contribution in [3.63, 3.8) is 0 Å². The molecule has 2 atom stereocenters. The maximum atomic E-state index is 12.2. The Balaban J connectivity index is 0.00000133. The van der Waals surface area contributed by atoms with Crippen LogP contribution in [0.2, 0.25) is 0 Å². The Labute approximate surface area is 124 Å². The van der Waals surface area contributed by atoms with Crippen LogP contribution in [0.25, 0.3) is 0 Å². The van der Waals surface area contributed by atoms with E-state index in [1.54, 1.807) is 11.3 Å². The van der Waals surface area contributed by atoms with Crippen molar-refractivity contribution in [2.45, 2.75) is 38.6 Å². The van der Waals surface area contributed by atoms with Crippen molar-refractivity contribution >= 4 is 29.7 Å². The zero-order chi connectivity index (χ0) is 12.5. The largest absolute Gasteiger partial charge is 0.347 e. The van der Waals surface area contributed by atoms with Crippen LogP contribution in [0.15, 0.2) is 6.07 Å². The normalized spacial score (nSPS) is 25.5. The van der Waals surface area contributed by atoms with Gasteiger partial charge in [0.15, 0.2) is 0 Å². The molecule has 1 aromatic rings. The van der Waals surface area contributed by atoms with E-state index in [1.165, 1.54) is 16.9 Å². The fraction of sp³-hybridized carbons (Fsp3) is 0.643. The molecule has 2 N–H and O–H groups in total. The molecule has 2 unspecified atom stereocenters. The number of rotatable bonds is 2. The molecule has 3 rings (SSSR count). The smallest absolute Gasteiger partial charge is 0.261 e. The van der Waals surface area contributed by atoms with E-state index in [0.717, 1.165) is 43.1 Å². The van der Waals surface area contributed by atoms with Gasteiger partial charge in [0.1, 0.15) is 0 Å².